The van der Waals surface area contributed by atoms with E-state index in [-0.39, 0.29) is 11.9 Å². The van der Waals surface area contributed by atoms with Gasteiger partial charge in [0.25, 0.3) is 0 Å². The van der Waals surface area contributed by atoms with E-state index < -0.39 is 0 Å². The van der Waals surface area contributed by atoms with Gasteiger partial charge in [-0.1, -0.05) is 0 Å². The number of carbonyl (C=O) groups excluding carboxylic acids is 1. The van der Waals surface area contributed by atoms with E-state index in [2.05, 4.69) is 10.2 Å². The van der Waals surface area contributed by atoms with Crippen LogP contribution < -0.4 is 20.7 Å². The average Bonchev–Trinajstić information content (AvgIpc) is 2.87. The van der Waals surface area contributed by atoms with Gasteiger partial charge in [0.05, 0.1) is 18.5 Å². The summed E-state index contributed by atoms with van der Waals surface area (Å²) in [7, 11) is 3.28. The van der Waals surface area contributed by atoms with Gasteiger partial charge in [0.1, 0.15) is 11.8 Å². The van der Waals surface area contributed by atoms with E-state index in [9.17, 15) is 4.79 Å². The smallest absolute Gasteiger partial charge is 0.242 e. The van der Waals surface area contributed by atoms with Gasteiger partial charge in [-0.05, 0) is 25.0 Å². The fourth-order valence-electron chi connectivity index (χ4n) is 2.39. The number of likely N-dealkylation sites (N-methyl/N-ethyl adjacent to an activating group) is 1. The number of hydrogen-bond donors (Lipinski definition) is 2. The number of rotatable bonds is 3. The molecule has 1 aliphatic heterocycles. The first-order chi connectivity index (χ1) is 8.67. The van der Waals surface area contributed by atoms with Crippen molar-refractivity contribution in [2.45, 2.75) is 18.9 Å². The Labute approximate surface area is 107 Å². The Morgan fingerprint density at radius 2 is 2.33 bits per heavy atom. The fraction of sp³-hybridized carbons (Fsp3) is 0.462. The molecule has 98 valence electrons. The first kappa shape index (κ1) is 12.5. The van der Waals surface area contributed by atoms with Gasteiger partial charge in [-0.3, -0.25) is 4.79 Å². The van der Waals surface area contributed by atoms with Crippen molar-refractivity contribution in [3.63, 3.8) is 0 Å². The quantitative estimate of drug-likeness (QED) is 0.784. The van der Waals surface area contributed by atoms with Gasteiger partial charge >= 0.3 is 0 Å². The summed E-state index contributed by atoms with van der Waals surface area (Å²) in [6.45, 7) is 0.843. The number of amides is 1. The molecule has 5 heteroatoms. The lowest BCUT2D eigenvalue weighted by Gasteiger charge is -2.27. The molecule has 0 spiro atoms. The molecule has 1 aromatic carbocycles. The second-order valence-corrected chi connectivity index (χ2v) is 4.39. The van der Waals surface area contributed by atoms with E-state index in [1.54, 1.807) is 14.2 Å². The summed E-state index contributed by atoms with van der Waals surface area (Å²) in [6.07, 6.45) is 1.85. The maximum absolute atomic E-state index is 11.8. The SMILES string of the molecule is CNC(=O)C1CCCN1c1cc(OC)ccc1N. The van der Waals surface area contributed by atoms with Crippen molar-refractivity contribution in [1.29, 1.82) is 0 Å². The molecule has 1 fully saturated rings. The average molecular weight is 249 g/mol. The molecule has 1 atom stereocenters. The molecule has 1 amide bonds. The van der Waals surface area contributed by atoms with Crippen molar-refractivity contribution >= 4 is 17.3 Å². The zero-order chi connectivity index (χ0) is 13.1. The van der Waals surface area contributed by atoms with Crippen molar-refractivity contribution in [2.75, 3.05) is 31.3 Å². The minimum Gasteiger partial charge on any atom is -0.497 e. The molecule has 0 bridgehead atoms. The minimum atomic E-state index is -0.135. The van der Waals surface area contributed by atoms with Crippen LogP contribution in [0.5, 0.6) is 5.75 Å². The van der Waals surface area contributed by atoms with Gasteiger partial charge in [-0.25, -0.2) is 0 Å². The number of hydrogen-bond acceptors (Lipinski definition) is 4. The van der Waals surface area contributed by atoms with Crippen molar-refractivity contribution < 1.29 is 9.53 Å². The van der Waals surface area contributed by atoms with Crippen LogP contribution in [0.1, 0.15) is 12.8 Å². The lowest BCUT2D eigenvalue weighted by atomic mass is 10.1. The molecule has 1 saturated heterocycles. The molecule has 1 aliphatic rings. The van der Waals surface area contributed by atoms with E-state index in [1.165, 1.54) is 0 Å². The summed E-state index contributed by atoms with van der Waals surface area (Å²) in [6, 6.07) is 5.39. The van der Waals surface area contributed by atoms with Gasteiger partial charge < -0.3 is 20.7 Å². The molecule has 0 saturated carbocycles. The Morgan fingerprint density at radius 1 is 1.56 bits per heavy atom. The van der Waals surface area contributed by atoms with Gasteiger partial charge in [0, 0.05) is 19.7 Å². The largest absolute Gasteiger partial charge is 0.497 e. The molecule has 1 heterocycles. The monoisotopic (exact) mass is 249 g/mol. The van der Waals surface area contributed by atoms with Crippen molar-refractivity contribution in [3.05, 3.63) is 18.2 Å². The van der Waals surface area contributed by atoms with Gasteiger partial charge in [0.2, 0.25) is 5.91 Å². The molecule has 0 radical (unpaired) electrons. The molecule has 2 rings (SSSR count). The summed E-state index contributed by atoms with van der Waals surface area (Å²) in [5, 5.41) is 2.70. The number of nitrogen functional groups attached to an aromatic ring is 1. The highest BCUT2D eigenvalue weighted by atomic mass is 16.5. The van der Waals surface area contributed by atoms with Crippen LogP contribution >= 0.6 is 0 Å². The van der Waals surface area contributed by atoms with Crippen LogP contribution in [0.25, 0.3) is 0 Å². The van der Waals surface area contributed by atoms with Crippen molar-refractivity contribution in [1.82, 2.24) is 5.32 Å². The number of methoxy groups -OCH3 is 1. The molecule has 0 aromatic heterocycles. The number of ether oxygens (including phenoxy) is 1. The van der Waals surface area contributed by atoms with Crippen molar-refractivity contribution in [3.8, 4) is 5.75 Å². The zero-order valence-corrected chi connectivity index (χ0v) is 10.8. The van der Waals surface area contributed by atoms with Gasteiger partial charge in [-0.2, -0.15) is 0 Å². The van der Waals surface area contributed by atoms with Crippen LogP contribution in [-0.4, -0.2) is 32.7 Å². The summed E-state index contributed by atoms with van der Waals surface area (Å²) >= 11 is 0. The number of nitrogens with one attached hydrogen (secondary N) is 1. The third kappa shape index (κ3) is 2.20. The second-order valence-electron chi connectivity index (χ2n) is 4.39. The molecule has 3 N–H and O–H groups in total. The zero-order valence-electron chi connectivity index (χ0n) is 10.8. The van der Waals surface area contributed by atoms with Crippen LogP contribution in [0.3, 0.4) is 0 Å². The predicted molar refractivity (Wildman–Crippen MR) is 71.8 cm³/mol. The van der Waals surface area contributed by atoms with E-state index in [4.69, 9.17) is 10.5 Å². The second kappa shape index (κ2) is 5.16. The highest BCUT2D eigenvalue weighted by Crippen LogP contribution is 2.33. The van der Waals surface area contributed by atoms with Crippen LogP contribution in [0, 0.1) is 0 Å². The summed E-state index contributed by atoms with van der Waals surface area (Å²) in [5.41, 5.74) is 7.55. The predicted octanol–water partition coefficient (Wildman–Crippen LogP) is 0.992. The van der Waals surface area contributed by atoms with Crippen LogP contribution in [0.15, 0.2) is 18.2 Å². The lowest BCUT2D eigenvalue weighted by Crippen LogP contribution is -2.42. The van der Waals surface area contributed by atoms with Crippen LogP contribution in [0.2, 0.25) is 0 Å². The third-order valence-corrected chi connectivity index (χ3v) is 3.35. The summed E-state index contributed by atoms with van der Waals surface area (Å²) in [4.78, 5) is 13.9. The normalized spacial score (nSPS) is 18.8. The standard InChI is InChI=1S/C13H19N3O2/c1-15-13(17)11-4-3-7-16(11)12-8-9(18-2)5-6-10(12)14/h5-6,8,11H,3-4,7,14H2,1-2H3,(H,15,17). The van der Waals surface area contributed by atoms with E-state index in [0.717, 1.165) is 30.8 Å². The Hall–Kier alpha value is -1.91. The molecule has 5 nitrogen and oxygen atoms in total. The topological polar surface area (TPSA) is 67.6 Å². The van der Waals surface area contributed by atoms with Crippen molar-refractivity contribution in [2.24, 2.45) is 0 Å². The van der Waals surface area contributed by atoms with Gasteiger partial charge in [-0.15, -0.1) is 0 Å². The van der Waals surface area contributed by atoms with Crippen LogP contribution in [0.4, 0.5) is 11.4 Å². The molecular formula is C13H19N3O2. The van der Waals surface area contributed by atoms with Crippen LogP contribution in [-0.2, 0) is 4.79 Å². The Balaban J connectivity index is 2.32. The minimum absolute atomic E-state index is 0.0368. The maximum Gasteiger partial charge on any atom is 0.242 e. The lowest BCUT2D eigenvalue weighted by molar-refractivity contribution is -0.121. The van der Waals surface area contributed by atoms with E-state index >= 15 is 0 Å². The Kier molecular flexibility index (Phi) is 3.60. The number of nitrogens with two attached hydrogens (primary N) is 1. The van der Waals surface area contributed by atoms with E-state index in [0.29, 0.717) is 5.69 Å². The fourth-order valence-corrected chi connectivity index (χ4v) is 2.39. The first-order valence-corrected chi connectivity index (χ1v) is 6.09. The molecule has 0 aliphatic carbocycles. The summed E-state index contributed by atoms with van der Waals surface area (Å²) < 4.78 is 5.21. The first-order valence-electron chi connectivity index (χ1n) is 6.09. The molecule has 18 heavy (non-hydrogen) atoms. The highest BCUT2D eigenvalue weighted by molar-refractivity contribution is 5.87. The number of benzene rings is 1. The Bertz CT molecular complexity index is 448. The summed E-state index contributed by atoms with van der Waals surface area (Å²) in [5.74, 6) is 0.788. The number of nitrogens with zero attached hydrogens (tertiary/aromatic N) is 1. The van der Waals surface area contributed by atoms with E-state index in [1.807, 2.05) is 18.2 Å². The molecule has 1 unspecified atom stereocenters. The van der Waals surface area contributed by atoms with Gasteiger partial charge in [0.15, 0.2) is 0 Å². The Morgan fingerprint density at radius 3 is 3.00 bits per heavy atom. The molecule has 1 aromatic rings. The number of anilines is 2. The maximum atomic E-state index is 11.8. The number of carbonyl (C=O) groups is 1. The highest BCUT2D eigenvalue weighted by Gasteiger charge is 2.31. The molecular weight excluding hydrogens is 230 g/mol. The third-order valence-electron chi connectivity index (χ3n) is 3.35.